The maximum Gasteiger partial charge on any atom is 0.314 e. The monoisotopic (exact) mass is 194 g/mol. The van der Waals surface area contributed by atoms with Crippen molar-refractivity contribution in [1.29, 1.82) is 0 Å². The Kier molecular flexibility index (Phi) is 2.68. The second kappa shape index (κ2) is 3.47. The van der Waals surface area contributed by atoms with Gasteiger partial charge < -0.3 is 10.2 Å². The molecule has 3 heteroatoms. The Bertz CT molecular complexity index is 335. The molecule has 0 heterocycles. The molecule has 0 aromatic heterocycles. The standard InChI is InChI=1S/C11H14O3/c1-4-8-7(2)9(12)5-6-11(8,3)10(13)14/h1,9,12H,5-6H2,2-3H3,(H,13,14)/t9-,11+/m0/s1. The molecule has 2 atom stereocenters. The third-order valence-electron chi connectivity index (χ3n) is 2.98. The van der Waals surface area contributed by atoms with Crippen molar-refractivity contribution in [2.24, 2.45) is 5.41 Å². The molecular formula is C11H14O3. The molecule has 1 aliphatic carbocycles. The van der Waals surface area contributed by atoms with Crippen molar-refractivity contribution in [2.75, 3.05) is 0 Å². The van der Waals surface area contributed by atoms with E-state index in [0.29, 0.717) is 24.0 Å². The van der Waals surface area contributed by atoms with Gasteiger partial charge in [-0.3, -0.25) is 4.79 Å². The van der Waals surface area contributed by atoms with Gasteiger partial charge in [-0.25, -0.2) is 0 Å². The molecular weight excluding hydrogens is 180 g/mol. The summed E-state index contributed by atoms with van der Waals surface area (Å²) in [5.74, 6) is 1.48. The fraction of sp³-hybridized carbons (Fsp3) is 0.545. The average Bonchev–Trinajstić information content (AvgIpc) is 2.13. The van der Waals surface area contributed by atoms with Crippen molar-refractivity contribution in [3.8, 4) is 12.3 Å². The van der Waals surface area contributed by atoms with E-state index in [2.05, 4.69) is 5.92 Å². The predicted molar refractivity (Wildman–Crippen MR) is 52.5 cm³/mol. The summed E-state index contributed by atoms with van der Waals surface area (Å²) in [6, 6.07) is 0. The largest absolute Gasteiger partial charge is 0.481 e. The lowest BCUT2D eigenvalue weighted by Crippen LogP contribution is -2.36. The highest BCUT2D eigenvalue weighted by atomic mass is 16.4. The molecule has 0 aromatic carbocycles. The van der Waals surface area contributed by atoms with Crippen molar-refractivity contribution >= 4 is 5.97 Å². The summed E-state index contributed by atoms with van der Waals surface area (Å²) in [5, 5.41) is 18.6. The Morgan fingerprint density at radius 2 is 2.29 bits per heavy atom. The zero-order chi connectivity index (χ0) is 10.9. The van der Waals surface area contributed by atoms with Gasteiger partial charge in [-0.05, 0) is 32.3 Å². The van der Waals surface area contributed by atoms with E-state index in [1.165, 1.54) is 0 Å². The number of hydrogen-bond acceptors (Lipinski definition) is 2. The molecule has 0 saturated heterocycles. The third-order valence-corrected chi connectivity index (χ3v) is 2.98. The highest BCUT2D eigenvalue weighted by Gasteiger charge is 2.41. The first-order valence-corrected chi connectivity index (χ1v) is 4.53. The van der Waals surface area contributed by atoms with Crippen LogP contribution in [0.2, 0.25) is 0 Å². The Balaban J connectivity index is 3.26. The molecule has 0 fully saturated rings. The fourth-order valence-electron chi connectivity index (χ4n) is 1.86. The minimum atomic E-state index is -1.00. The van der Waals surface area contributed by atoms with E-state index >= 15 is 0 Å². The molecule has 14 heavy (non-hydrogen) atoms. The SMILES string of the molecule is C#CC1=C(C)[C@@H](O)CC[C@@]1(C)C(=O)O. The van der Waals surface area contributed by atoms with E-state index in [9.17, 15) is 9.90 Å². The van der Waals surface area contributed by atoms with Crippen LogP contribution in [0.1, 0.15) is 26.7 Å². The van der Waals surface area contributed by atoms with Gasteiger partial charge in [0.05, 0.1) is 11.5 Å². The maximum atomic E-state index is 11.1. The number of aliphatic hydroxyl groups excluding tert-OH is 1. The highest BCUT2D eigenvalue weighted by molar-refractivity contribution is 5.80. The minimum Gasteiger partial charge on any atom is -0.481 e. The van der Waals surface area contributed by atoms with E-state index in [4.69, 9.17) is 11.5 Å². The van der Waals surface area contributed by atoms with E-state index < -0.39 is 17.5 Å². The average molecular weight is 194 g/mol. The Morgan fingerprint density at radius 1 is 1.71 bits per heavy atom. The van der Waals surface area contributed by atoms with Gasteiger partial charge in [0, 0.05) is 5.57 Å². The molecule has 0 amide bonds. The number of aliphatic carboxylic acids is 1. The van der Waals surface area contributed by atoms with Gasteiger partial charge in [0.2, 0.25) is 0 Å². The summed E-state index contributed by atoms with van der Waals surface area (Å²) in [6.45, 7) is 3.31. The van der Waals surface area contributed by atoms with Gasteiger partial charge >= 0.3 is 5.97 Å². The Labute approximate surface area is 83.4 Å². The first-order chi connectivity index (χ1) is 6.43. The van der Waals surface area contributed by atoms with Crippen LogP contribution in [0.25, 0.3) is 0 Å². The second-order valence-electron chi connectivity index (χ2n) is 3.89. The topological polar surface area (TPSA) is 57.5 Å². The molecule has 0 aromatic rings. The van der Waals surface area contributed by atoms with Gasteiger partial charge in [0.1, 0.15) is 0 Å². The number of carboxylic acid groups (broad SMARTS) is 1. The number of carboxylic acids is 1. The zero-order valence-corrected chi connectivity index (χ0v) is 8.37. The van der Waals surface area contributed by atoms with E-state index in [1.807, 2.05) is 0 Å². The van der Waals surface area contributed by atoms with Crippen LogP contribution in [0.5, 0.6) is 0 Å². The van der Waals surface area contributed by atoms with Gasteiger partial charge in [0.15, 0.2) is 0 Å². The normalized spacial score (nSPS) is 32.6. The van der Waals surface area contributed by atoms with Crippen LogP contribution in [0, 0.1) is 17.8 Å². The van der Waals surface area contributed by atoms with Crippen molar-refractivity contribution in [2.45, 2.75) is 32.8 Å². The summed E-state index contributed by atoms with van der Waals surface area (Å²) in [7, 11) is 0. The molecule has 0 radical (unpaired) electrons. The lowest BCUT2D eigenvalue weighted by molar-refractivity contribution is -0.146. The van der Waals surface area contributed by atoms with Gasteiger partial charge in [-0.2, -0.15) is 0 Å². The number of rotatable bonds is 1. The fourth-order valence-corrected chi connectivity index (χ4v) is 1.86. The molecule has 76 valence electrons. The number of carbonyl (C=O) groups is 1. The van der Waals surface area contributed by atoms with Crippen molar-refractivity contribution in [3.05, 3.63) is 11.1 Å². The third kappa shape index (κ3) is 1.42. The summed E-state index contributed by atoms with van der Waals surface area (Å²) in [4.78, 5) is 11.1. The minimum absolute atomic E-state index is 0.389. The molecule has 1 aliphatic rings. The van der Waals surface area contributed by atoms with Crippen LogP contribution in [0.3, 0.4) is 0 Å². The van der Waals surface area contributed by atoms with E-state index in [-0.39, 0.29) is 0 Å². The quantitative estimate of drug-likeness (QED) is 0.616. The first kappa shape index (κ1) is 10.8. The van der Waals surface area contributed by atoms with Crippen LogP contribution in [0.4, 0.5) is 0 Å². The van der Waals surface area contributed by atoms with E-state index in [1.54, 1.807) is 13.8 Å². The van der Waals surface area contributed by atoms with Crippen LogP contribution in [-0.2, 0) is 4.79 Å². The van der Waals surface area contributed by atoms with Crippen LogP contribution in [-0.4, -0.2) is 22.3 Å². The molecule has 2 N–H and O–H groups in total. The molecule has 3 nitrogen and oxygen atoms in total. The number of hydrogen-bond donors (Lipinski definition) is 2. The predicted octanol–water partition coefficient (Wildman–Crippen LogP) is 1.18. The summed E-state index contributed by atoms with van der Waals surface area (Å²) < 4.78 is 0. The van der Waals surface area contributed by atoms with Crippen LogP contribution < -0.4 is 0 Å². The molecule has 0 bridgehead atoms. The Morgan fingerprint density at radius 3 is 2.71 bits per heavy atom. The van der Waals surface area contributed by atoms with Crippen LogP contribution >= 0.6 is 0 Å². The molecule has 0 saturated carbocycles. The first-order valence-electron chi connectivity index (χ1n) is 4.53. The van der Waals surface area contributed by atoms with Gasteiger partial charge in [-0.15, -0.1) is 6.42 Å². The highest BCUT2D eigenvalue weighted by Crippen LogP contribution is 2.40. The molecule has 0 spiro atoms. The lowest BCUT2D eigenvalue weighted by atomic mass is 9.71. The van der Waals surface area contributed by atoms with Crippen molar-refractivity contribution < 1.29 is 15.0 Å². The van der Waals surface area contributed by atoms with E-state index in [0.717, 1.165) is 0 Å². The lowest BCUT2D eigenvalue weighted by Gasteiger charge is -2.33. The second-order valence-corrected chi connectivity index (χ2v) is 3.89. The van der Waals surface area contributed by atoms with Gasteiger partial charge in [-0.1, -0.05) is 5.92 Å². The summed E-state index contributed by atoms with van der Waals surface area (Å²) in [6.07, 6.45) is 5.54. The van der Waals surface area contributed by atoms with Gasteiger partial charge in [0.25, 0.3) is 0 Å². The molecule has 0 unspecified atom stereocenters. The number of terminal acetylenes is 1. The molecule has 0 aliphatic heterocycles. The Hall–Kier alpha value is -1.27. The summed E-state index contributed by atoms with van der Waals surface area (Å²) >= 11 is 0. The molecule has 1 rings (SSSR count). The zero-order valence-electron chi connectivity index (χ0n) is 8.37. The van der Waals surface area contributed by atoms with Crippen molar-refractivity contribution in [3.63, 3.8) is 0 Å². The van der Waals surface area contributed by atoms with Crippen LogP contribution in [0.15, 0.2) is 11.1 Å². The number of aliphatic hydroxyl groups is 1. The smallest absolute Gasteiger partial charge is 0.314 e. The van der Waals surface area contributed by atoms with Crippen molar-refractivity contribution in [1.82, 2.24) is 0 Å². The maximum absolute atomic E-state index is 11.1. The summed E-state index contributed by atoms with van der Waals surface area (Å²) in [5.41, 5.74) is 0.0327.